The molecule has 8 nitrogen and oxygen atoms in total. The van der Waals surface area contributed by atoms with Crippen LogP contribution in [0.25, 0.3) is 0 Å². The van der Waals surface area contributed by atoms with Gasteiger partial charge in [-0.05, 0) is 12.8 Å². The summed E-state index contributed by atoms with van der Waals surface area (Å²) in [6.45, 7) is 4.94. The third-order valence-electron chi connectivity index (χ3n) is 3.41. The van der Waals surface area contributed by atoms with E-state index in [1.54, 1.807) is 6.92 Å². The van der Waals surface area contributed by atoms with E-state index in [4.69, 9.17) is 10.8 Å². The average molecular weight is 335 g/mol. The van der Waals surface area contributed by atoms with Crippen LogP contribution in [-0.4, -0.2) is 58.0 Å². The van der Waals surface area contributed by atoms with Crippen LogP contribution in [0, 0.1) is 5.92 Å². The van der Waals surface area contributed by atoms with Gasteiger partial charge in [-0.1, -0.05) is 20.3 Å². The molecule has 0 aliphatic heterocycles. The second-order valence-electron chi connectivity index (χ2n) is 5.22. The normalized spacial score (nSPS) is 17.7. The number of rotatable bonds is 9. The fourth-order valence-corrected chi connectivity index (χ4v) is 1.86. The van der Waals surface area contributed by atoms with Crippen LogP contribution in [0.3, 0.4) is 0 Å². The topological polar surface area (TPSA) is 142 Å². The summed E-state index contributed by atoms with van der Waals surface area (Å²) >= 11 is 3.87. The molecular formula is C13H25N3O5S. The Balaban J connectivity index is 5.02. The Hall–Kier alpha value is -1.32. The Morgan fingerprint density at radius 2 is 1.73 bits per heavy atom. The molecule has 9 heteroatoms. The number of nitrogens with two attached hydrogens (primary N) is 1. The van der Waals surface area contributed by atoms with Crippen LogP contribution >= 0.6 is 12.6 Å². The number of hydrogen-bond acceptors (Lipinski definition) is 6. The highest BCUT2D eigenvalue weighted by Crippen LogP contribution is 2.09. The third kappa shape index (κ3) is 6.20. The summed E-state index contributed by atoms with van der Waals surface area (Å²) in [7, 11) is 0. The van der Waals surface area contributed by atoms with Gasteiger partial charge < -0.3 is 26.6 Å². The lowest BCUT2D eigenvalue weighted by Gasteiger charge is -2.26. The van der Waals surface area contributed by atoms with E-state index in [9.17, 15) is 19.5 Å². The molecule has 0 radical (unpaired) electrons. The molecule has 0 saturated heterocycles. The van der Waals surface area contributed by atoms with Crippen molar-refractivity contribution < 1.29 is 24.6 Å². The van der Waals surface area contributed by atoms with Gasteiger partial charge in [0.1, 0.15) is 18.1 Å². The van der Waals surface area contributed by atoms with Crippen molar-refractivity contribution >= 4 is 30.4 Å². The standard InChI is InChI=1S/C13H25N3O5S/c1-4-6(2)10(16-11(18)9(14)7(3)17)12(19)15-8(5-22)13(20)21/h6-10,17,22H,4-5,14H2,1-3H3,(H,15,19)(H,16,18)(H,20,21). The summed E-state index contributed by atoms with van der Waals surface area (Å²) in [6, 6.07) is -3.26. The maximum absolute atomic E-state index is 12.2. The zero-order valence-corrected chi connectivity index (χ0v) is 13.8. The molecule has 0 aromatic heterocycles. The molecule has 5 atom stereocenters. The molecule has 0 aliphatic carbocycles. The Bertz CT molecular complexity index is 405. The van der Waals surface area contributed by atoms with Gasteiger partial charge in [0.15, 0.2) is 0 Å². The van der Waals surface area contributed by atoms with Gasteiger partial charge in [-0.25, -0.2) is 4.79 Å². The highest BCUT2D eigenvalue weighted by molar-refractivity contribution is 7.80. The number of carboxylic acid groups (broad SMARTS) is 1. The SMILES string of the molecule is CCC(C)C(NC(=O)C(N)C(C)O)C(=O)NC(CS)C(=O)O. The second-order valence-corrected chi connectivity index (χ2v) is 5.59. The minimum Gasteiger partial charge on any atom is -0.480 e. The molecule has 0 aromatic carbocycles. The molecule has 0 aliphatic rings. The third-order valence-corrected chi connectivity index (χ3v) is 3.78. The van der Waals surface area contributed by atoms with Crippen LogP contribution in [0.2, 0.25) is 0 Å². The van der Waals surface area contributed by atoms with E-state index in [1.165, 1.54) is 6.92 Å². The summed E-state index contributed by atoms with van der Waals surface area (Å²) in [6.07, 6.45) is -0.481. The maximum Gasteiger partial charge on any atom is 0.327 e. The fourth-order valence-electron chi connectivity index (χ4n) is 1.62. The first kappa shape index (κ1) is 20.7. The Morgan fingerprint density at radius 1 is 1.18 bits per heavy atom. The molecule has 0 saturated carbocycles. The number of thiol groups is 1. The molecule has 0 fully saturated rings. The van der Waals surface area contributed by atoms with E-state index >= 15 is 0 Å². The lowest BCUT2D eigenvalue weighted by Crippen LogP contribution is -2.58. The monoisotopic (exact) mass is 335 g/mol. The van der Waals surface area contributed by atoms with Gasteiger partial charge in [0.2, 0.25) is 11.8 Å². The van der Waals surface area contributed by atoms with E-state index in [0.29, 0.717) is 6.42 Å². The van der Waals surface area contributed by atoms with Crippen molar-refractivity contribution in [2.45, 2.75) is 51.4 Å². The van der Waals surface area contributed by atoms with Crippen LogP contribution in [0.15, 0.2) is 0 Å². The maximum atomic E-state index is 12.2. The molecule has 128 valence electrons. The van der Waals surface area contributed by atoms with Gasteiger partial charge in [-0.15, -0.1) is 0 Å². The van der Waals surface area contributed by atoms with Crippen molar-refractivity contribution in [3.63, 3.8) is 0 Å². The van der Waals surface area contributed by atoms with Gasteiger partial charge in [0.05, 0.1) is 6.10 Å². The number of aliphatic hydroxyl groups is 1. The van der Waals surface area contributed by atoms with Crippen LogP contribution in [-0.2, 0) is 14.4 Å². The van der Waals surface area contributed by atoms with E-state index in [1.807, 2.05) is 6.92 Å². The fraction of sp³-hybridized carbons (Fsp3) is 0.769. The number of aliphatic carboxylic acids is 1. The highest BCUT2D eigenvalue weighted by atomic mass is 32.1. The first-order chi connectivity index (χ1) is 10.1. The van der Waals surface area contributed by atoms with Gasteiger partial charge in [-0.2, -0.15) is 12.6 Å². The smallest absolute Gasteiger partial charge is 0.327 e. The Labute approximate surface area is 135 Å². The molecule has 0 spiro atoms. The number of aliphatic hydroxyl groups excluding tert-OH is 1. The minimum absolute atomic E-state index is 0.0740. The van der Waals surface area contributed by atoms with Gasteiger partial charge in [0.25, 0.3) is 0 Å². The second kappa shape index (κ2) is 9.65. The molecule has 0 bridgehead atoms. The van der Waals surface area contributed by atoms with Crippen molar-refractivity contribution in [1.82, 2.24) is 10.6 Å². The number of carbonyl (C=O) groups excluding carboxylic acids is 2. The van der Waals surface area contributed by atoms with Crippen LogP contribution < -0.4 is 16.4 Å². The van der Waals surface area contributed by atoms with E-state index < -0.39 is 42.0 Å². The lowest BCUT2D eigenvalue weighted by molar-refractivity contribution is -0.141. The summed E-state index contributed by atoms with van der Waals surface area (Å²) in [5, 5.41) is 23.0. The molecule has 5 unspecified atom stereocenters. The van der Waals surface area contributed by atoms with Gasteiger partial charge >= 0.3 is 5.97 Å². The molecule has 0 heterocycles. The largest absolute Gasteiger partial charge is 0.480 e. The number of nitrogens with one attached hydrogen (secondary N) is 2. The van der Waals surface area contributed by atoms with E-state index in [2.05, 4.69) is 23.3 Å². The average Bonchev–Trinajstić information content (AvgIpc) is 2.47. The van der Waals surface area contributed by atoms with Crippen molar-refractivity contribution in [2.75, 3.05) is 5.75 Å². The first-order valence-electron chi connectivity index (χ1n) is 7.03. The van der Waals surface area contributed by atoms with Crippen molar-refractivity contribution in [1.29, 1.82) is 0 Å². The zero-order valence-electron chi connectivity index (χ0n) is 12.9. The minimum atomic E-state index is -1.21. The number of carbonyl (C=O) groups is 3. The predicted octanol–water partition coefficient (Wildman–Crippen LogP) is -1.28. The first-order valence-corrected chi connectivity index (χ1v) is 7.66. The zero-order chi connectivity index (χ0) is 17.4. The quantitative estimate of drug-likeness (QED) is 0.290. The molecule has 6 N–H and O–H groups in total. The summed E-state index contributed by atoms with van der Waals surface area (Å²) in [5.41, 5.74) is 5.53. The lowest BCUT2D eigenvalue weighted by atomic mass is 9.97. The van der Waals surface area contributed by atoms with Crippen LogP contribution in [0.4, 0.5) is 0 Å². The van der Waals surface area contributed by atoms with Crippen LogP contribution in [0.5, 0.6) is 0 Å². The molecule has 0 rings (SSSR count). The van der Waals surface area contributed by atoms with Crippen LogP contribution in [0.1, 0.15) is 27.2 Å². The van der Waals surface area contributed by atoms with E-state index in [-0.39, 0.29) is 11.7 Å². The summed E-state index contributed by atoms with van der Waals surface area (Å²) < 4.78 is 0. The summed E-state index contributed by atoms with van der Waals surface area (Å²) in [4.78, 5) is 35.1. The summed E-state index contributed by atoms with van der Waals surface area (Å²) in [5.74, 6) is -2.82. The predicted molar refractivity (Wildman–Crippen MR) is 84.5 cm³/mol. The molecule has 2 amide bonds. The van der Waals surface area contributed by atoms with Gasteiger partial charge in [-0.3, -0.25) is 9.59 Å². The number of carboxylic acids is 1. The molecular weight excluding hydrogens is 310 g/mol. The molecule has 0 aromatic rings. The van der Waals surface area contributed by atoms with E-state index in [0.717, 1.165) is 0 Å². The van der Waals surface area contributed by atoms with Gasteiger partial charge in [0, 0.05) is 5.75 Å². The number of hydrogen-bond donors (Lipinski definition) is 6. The Kier molecular flexibility index (Phi) is 9.07. The Morgan fingerprint density at radius 3 is 2.09 bits per heavy atom. The highest BCUT2D eigenvalue weighted by Gasteiger charge is 2.31. The number of amides is 2. The van der Waals surface area contributed by atoms with Crippen molar-refractivity contribution in [2.24, 2.45) is 11.7 Å². The molecule has 22 heavy (non-hydrogen) atoms. The van der Waals surface area contributed by atoms with Crippen molar-refractivity contribution in [3.8, 4) is 0 Å². The van der Waals surface area contributed by atoms with Crippen molar-refractivity contribution in [3.05, 3.63) is 0 Å².